The molecular formula is C13H20N2O4S. The molecule has 0 amide bonds. The van der Waals surface area contributed by atoms with E-state index >= 15 is 0 Å². The lowest BCUT2D eigenvalue weighted by molar-refractivity contribution is -0.385. The van der Waals surface area contributed by atoms with Gasteiger partial charge >= 0.3 is 5.69 Å². The summed E-state index contributed by atoms with van der Waals surface area (Å²) in [6.07, 6.45) is 2.43. The Balaban J connectivity index is 2.83. The number of ether oxygens (including phenoxy) is 1. The van der Waals surface area contributed by atoms with Gasteiger partial charge < -0.3 is 10.1 Å². The highest BCUT2D eigenvalue weighted by atomic mass is 32.2. The second-order valence-corrected chi connectivity index (χ2v) is 6.28. The highest BCUT2D eigenvalue weighted by Crippen LogP contribution is 2.30. The Bertz CT molecular complexity index is 493. The zero-order valence-electron chi connectivity index (χ0n) is 11.9. The molecule has 1 aromatic rings. The van der Waals surface area contributed by atoms with Crippen LogP contribution in [0.3, 0.4) is 0 Å². The van der Waals surface area contributed by atoms with E-state index in [1.165, 1.54) is 6.07 Å². The molecule has 0 saturated carbocycles. The summed E-state index contributed by atoms with van der Waals surface area (Å²) in [4.78, 5) is 10.5. The van der Waals surface area contributed by atoms with Gasteiger partial charge in [0, 0.05) is 46.7 Å². The lowest BCUT2D eigenvalue weighted by Gasteiger charge is -2.12. The Labute approximate surface area is 121 Å². The van der Waals surface area contributed by atoms with Crippen molar-refractivity contribution in [3.63, 3.8) is 0 Å². The summed E-state index contributed by atoms with van der Waals surface area (Å²) in [5, 5.41) is 14.0. The third-order valence-corrected chi connectivity index (χ3v) is 4.08. The SMILES string of the molecule is CCCOc1cc(NCC(C)S(C)=O)ccc1[N+](=O)[O-]. The minimum Gasteiger partial charge on any atom is -0.487 e. The van der Waals surface area contributed by atoms with E-state index in [9.17, 15) is 14.3 Å². The highest BCUT2D eigenvalue weighted by molar-refractivity contribution is 7.84. The molecule has 6 nitrogen and oxygen atoms in total. The summed E-state index contributed by atoms with van der Waals surface area (Å²) in [6, 6.07) is 4.65. The van der Waals surface area contributed by atoms with Crippen molar-refractivity contribution < 1.29 is 13.9 Å². The zero-order valence-corrected chi connectivity index (χ0v) is 12.7. The van der Waals surface area contributed by atoms with E-state index in [1.807, 2.05) is 13.8 Å². The molecule has 0 aromatic heterocycles. The molecule has 0 fully saturated rings. The van der Waals surface area contributed by atoms with Crippen LogP contribution < -0.4 is 10.1 Å². The standard InChI is InChI=1S/C13H20N2O4S/c1-4-7-19-13-8-11(5-6-12(13)15(16)17)14-9-10(2)20(3)18/h5-6,8,10,14H,4,7,9H2,1-3H3. The van der Waals surface area contributed by atoms with Gasteiger partial charge in [0.2, 0.25) is 0 Å². The number of benzene rings is 1. The van der Waals surface area contributed by atoms with Gasteiger partial charge in [-0.1, -0.05) is 6.92 Å². The molecule has 20 heavy (non-hydrogen) atoms. The van der Waals surface area contributed by atoms with Crippen molar-refractivity contribution in [2.75, 3.05) is 24.7 Å². The summed E-state index contributed by atoms with van der Waals surface area (Å²) in [7, 11) is -0.908. The van der Waals surface area contributed by atoms with Gasteiger partial charge in [-0.05, 0) is 19.4 Å². The fourth-order valence-electron chi connectivity index (χ4n) is 1.48. The van der Waals surface area contributed by atoms with E-state index in [0.29, 0.717) is 13.2 Å². The van der Waals surface area contributed by atoms with Crippen LogP contribution in [0.25, 0.3) is 0 Å². The fourth-order valence-corrected chi connectivity index (χ4v) is 1.80. The van der Waals surface area contributed by atoms with Crippen LogP contribution >= 0.6 is 0 Å². The smallest absolute Gasteiger partial charge is 0.311 e. The highest BCUT2D eigenvalue weighted by Gasteiger charge is 2.16. The first kappa shape index (κ1) is 16.4. The van der Waals surface area contributed by atoms with Crippen molar-refractivity contribution in [3.05, 3.63) is 28.3 Å². The van der Waals surface area contributed by atoms with Crippen LogP contribution in [0.5, 0.6) is 5.75 Å². The quantitative estimate of drug-likeness (QED) is 0.589. The van der Waals surface area contributed by atoms with Crippen molar-refractivity contribution in [3.8, 4) is 5.75 Å². The first-order chi connectivity index (χ1) is 9.45. The summed E-state index contributed by atoms with van der Waals surface area (Å²) in [5.74, 6) is 0.257. The monoisotopic (exact) mass is 300 g/mol. The van der Waals surface area contributed by atoms with Crippen LogP contribution in [0.1, 0.15) is 20.3 Å². The van der Waals surface area contributed by atoms with Crippen LogP contribution in [-0.2, 0) is 10.8 Å². The summed E-state index contributed by atoms with van der Waals surface area (Å²) < 4.78 is 16.7. The van der Waals surface area contributed by atoms with E-state index in [0.717, 1.165) is 12.1 Å². The van der Waals surface area contributed by atoms with Crippen LogP contribution in [0.4, 0.5) is 11.4 Å². The Morgan fingerprint density at radius 2 is 2.20 bits per heavy atom. The van der Waals surface area contributed by atoms with Crippen molar-refractivity contribution in [1.29, 1.82) is 0 Å². The topological polar surface area (TPSA) is 81.5 Å². The predicted octanol–water partition coefficient (Wildman–Crippen LogP) is 2.56. The zero-order chi connectivity index (χ0) is 15.1. The van der Waals surface area contributed by atoms with E-state index in [1.54, 1.807) is 18.4 Å². The summed E-state index contributed by atoms with van der Waals surface area (Å²) >= 11 is 0. The second-order valence-electron chi connectivity index (χ2n) is 4.48. The Morgan fingerprint density at radius 3 is 2.75 bits per heavy atom. The van der Waals surface area contributed by atoms with E-state index in [2.05, 4.69) is 5.32 Å². The van der Waals surface area contributed by atoms with Crippen LogP contribution in [0.15, 0.2) is 18.2 Å². The molecule has 0 aliphatic rings. The Kier molecular flexibility index (Phi) is 6.44. The molecule has 7 heteroatoms. The van der Waals surface area contributed by atoms with Gasteiger partial charge in [-0.3, -0.25) is 14.3 Å². The number of anilines is 1. The average molecular weight is 300 g/mol. The van der Waals surface area contributed by atoms with Crippen LogP contribution in [0, 0.1) is 10.1 Å². The molecule has 0 bridgehead atoms. The fraction of sp³-hybridized carbons (Fsp3) is 0.538. The van der Waals surface area contributed by atoms with E-state index < -0.39 is 15.7 Å². The molecule has 0 aliphatic carbocycles. The molecule has 1 aromatic carbocycles. The van der Waals surface area contributed by atoms with Gasteiger partial charge in [0.05, 0.1) is 11.5 Å². The van der Waals surface area contributed by atoms with Crippen LogP contribution in [0.2, 0.25) is 0 Å². The minimum atomic E-state index is -0.908. The van der Waals surface area contributed by atoms with Crippen molar-refractivity contribution in [1.82, 2.24) is 0 Å². The minimum absolute atomic E-state index is 0.00482. The number of nitro groups is 1. The number of nitrogens with one attached hydrogen (secondary N) is 1. The van der Waals surface area contributed by atoms with E-state index in [4.69, 9.17) is 4.74 Å². The summed E-state index contributed by atoms with van der Waals surface area (Å²) in [6.45, 7) is 4.78. The molecule has 0 radical (unpaired) electrons. The van der Waals surface area contributed by atoms with E-state index in [-0.39, 0.29) is 16.7 Å². The third-order valence-electron chi connectivity index (χ3n) is 2.78. The molecule has 0 saturated heterocycles. The average Bonchev–Trinajstić information content (AvgIpc) is 2.42. The number of nitrogens with zero attached hydrogens (tertiary/aromatic N) is 1. The molecule has 2 unspecified atom stereocenters. The Morgan fingerprint density at radius 1 is 1.50 bits per heavy atom. The third kappa shape index (κ3) is 4.80. The molecule has 112 valence electrons. The number of nitro benzene ring substituents is 1. The van der Waals surface area contributed by atoms with Crippen LogP contribution in [-0.4, -0.2) is 33.8 Å². The van der Waals surface area contributed by atoms with Crippen molar-refractivity contribution in [2.45, 2.75) is 25.5 Å². The van der Waals surface area contributed by atoms with Gasteiger partial charge in [0.25, 0.3) is 0 Å². The summed E-state index contributed by atoms with van der Waals surface area (Å²) in [5.41, 5.74) is 0.676. The van der Waals surface area contributed by atoms with Gasteiger partial charge in [-0.25, -0.2) is 0 Å². The maximum atomic E-state index is 11.3. The molecule has 0 spiro atoms. The second kappa shape index (κ2) is 7.84. The predicted molar refractivity (Wildman–Crippen MR) is 80.9 cm³/mol. The molecule has 1 rings (SSSR count). The Hall–Kier alpha value is -1.63. The molecule has 1 N–H and O–H groups in total. The van der Waals surface area contributed by atoms with Gasteiger partial charge in [-0.15, -0.1) is 0 Å². The number of hydrogen-bond acceptors (Lipinski definition) is 5. The molecule has 2 atom stereocenters. The lowest BCUT2D eigenvalue weighted by atomic mass is 10.2. The molecule has 0 aliphatic heterocycles. The number of rotatable bonds is 8. The van der Waals surface area contributed by atoms with Gasteiger partial charge in [-0.2, -0.15) is 0 Å². The molecular weight excluding hydrogens is 280 g/mol. The first-order valence-corrected chi connectivity index (χ1v) is 8.05. The maximum Gasteiger partial charge on any atom is 0.311 e. The number of hydrogen-bond donors (Lipinski definition) is 1. The van der Waals surface area contributed by atoms with Crippen molar-refractivity contribution in [2.24, 2.45) is 0 Å². The first-order valence-electron chi connectivity index (χ1n) is 6.43. The van der Waals surface area contributed by atoms with Gasteiger partial charge in [0.15, 0.2) is 5.75 Å². The maximum absolute atomic E-state index is 11.3. The largest absolute Gasteiger partial charge is 0.487 e. The van der Waals surface area contributed by atoms with Gasteiger partial charge in [0.1, 0.15) is 0 Å². The normalized spacial score (nSPS) is 13.6. The molecule has 0 heterocycles. The van der Waals surface area contributed by atoms with Crippen molar-refractivity contribution >= 4 is 22.2 Å². The lowest BCUT2D eigenvalue weighted by Crippen LogP contribution is -2.20.